The van der Waals surface area contributed by atoms with Gasteiger partial charge in [0.15, 0.2) is 0 Å². The summed E-state index contributed by atoms with van der Waals surface area (Å²) in [5, 5.41) is 26.5. The number of rotatable bonds is 6. The molecule has 0 radical (unpaired) electrons. The molecule has 0 aromatic carbocycles. The third-order valence-electron chi connectivity index (χ3n) is 10.1. The van der Waals surface area contributed by atoms with E-state index >= 15 is 0 Å². The minimum atomic E-state index is -0.561. The summed E-state index contributed by atoms with van der Waals surface area (Å²) in [5.74, 6) is 2.03. The summed E-state index contributed by atoms with van der Waals surface area (Å²) in [6.45, 7) is 6.27. The Bertz CT molecular complexity index is 694. The van der Waals surface area contributed by atoms with E-state index < -0.39 is 5.60 Å². The topological polar surface area (TPSA) is 65.3 Å². The number of allylic oxidation sites excluding steroid dienone is 2. The van der Waals surface area contributed by atoms with Gasteiger partial charge in [-0.25, -0.2) is 0 Å². The van der Waals surface area contributed by atoms with Gasteiger partial charge in [0.2, 0.25) is 0 Å². The van der Waals surface area contributed by atoms with Crippen molar-refractivity contribution in [2.45, 2.75) is 83.3 Å². The van der Waals surface area contributed by atoms with E-state index in [2.05, 4.69) is 30.0 Å². The van der Waals surface area contributed by atoms with E-state index in [1.54, 1.807) is 6.21 Å². The van der Waals surface area contributed by atoms with E-state index in [9.17, 15) is 10.2 Å². The first kappa shape index (κ1) is 23.3. The monoisotopic (exact) mass is 432 g/mol. The fourth-order valence-electron chi connectivity index (χ4n) is 8.09. The van der Waals surface area contributed by atoms with Crippen molar-refractivity contribution in [2.75, 3.05) is 27.2 Å². The number of fused-ring (bicyclic) bond motifs is 5. The van der Waals surface area contributed by atoms with E-state index in [-0.39, 0.29) is 11.5 Å². The summed E-state index contributed by atoms with van der Waals surface area (Å²) < 4.78 is 0. The Morgan fingerprint density at radius 2 is 1.84 bits per heavy atom. The number of aliphatic hydroxyl groups excluding tert-OH is 1. The molecule has 0 heterocycles. The Labute approximate surface area is 188 Å². The van der Waals surface area contributed by atoms with E-state index in [4.69, 9.17) is 4.84 Å². The Kier molecular flexibility index (Phi) is 6.60. The normalized spacial score (nSPS) is 47.5. The fourth-order valence-corrected chi connectivity index (χ4v) is 8.09. The minimum Gasteiger partial charge on any atom is -0.394 e. The zero-order chi connectivity index (χ0) is 22.3. The maximum Gasteiger partial charge on any atom is 0.129 e. The van der Waals surface area contributed by atoms with Crippen LogP contribution in [0.15, 0.2) is 17.3 Å². The largest absolute Gasteiger partial charge is 0.394 e. The van der Waals surface area contributed by atoms with Crippen LogP contribution >= 0.6 is 0 Å². The Morgan fingerprint density at radius 3 is 2.61 bits per heavy atom. The maximum absolute atomic E-state index is 12.2. The van der Waals surface area contributed by atoms with Gasteiger partial charge in [-0.1, -0.05) is 25.1 Å². The third-order valence-corrected chi connectivity index (χ3v) is 10.1. The van der Waals surface area contributed by atoms with Crippen LogP contribution < -0.4 is 0 Å². The van der Waals surface area contributed by atoms with Crippen molar-refractivity contribution in [1.82, 2.24) is 4.90 Å². The second kappa shape index (κ2) is 8.79. The average molecular weight is 433 g/mol. The molecule has 4 fully saturated rings. The first-order valence-electron chi connectivity index (χ1n) is 12.6. The Balaban J connectivity index is 1.43. The van der Waals surface area contributed by atoms with Gasteiger partial charge in [0.25, 0.3) is 0 Å². The molecular weight excluding hydrogens is 388 g/mol. The van der Waals surface area contributed by atoms with Crippen LogP contribution in [0.5, 0.6) is 0 Å². The van der Waals surface area contributed by atoms with Crippen LogP contribution in [0.25, 0.3) is 0 Å². The molecule has 0 aliphatic heterocycles. The molecule has 0 saturated heterocycles. The Hall–Kier alpha value is -0.910. The molecule has 0 aromatic rings. The highest BCUT2D eigenvalue weighted by molar-refractivity contribution is 5.70. The molecule has 4 saturated carbocycles. The van der Waals surface area contributed by atoms with Crippen molar-refractivity contribution in [3.8, 4) is 0 Å². The van der Waals surface area contributed by atoms with Crippen molar-refractivity contribution in [2.24, 2.45) is 39.7 Å². The van der Waals surface area contributed by atoms with Crippen LogP contribution in [0.2, 0.25) is 0 Å². The number of oxime groups is 1. The van der Waals surface area contributed by atoms with Gasteiger partial charge in [-0.15, -0.1) is 0 Å². The summed E-state index contributed by atoms with van der Waals surface area (Å²) in [6.07, 6.45) is 15.5. The predicted molar refractivity (Wildman–Crippen MR) is 125 cm³/mol. The molecule has 0 unspecified atom stereocenters. The van der Waals surface area contributed by atoms with Gasteiger partial charge in [0.05, 0.1) is 17.9 Å². The number of likely N-dealkylation sites (N-methyl/N-ethyl adjacent to an activating group) is 1. The van der Waals surface area contributed by atoms with Crippen molar-refractivity contribution >= 4 is 6.21 Å². The van der Waals surface area contributed by atoms with Gasteiger partial charge in [-0.2, -0.15) is 0 Å². The molecule has 0 amide bonds. The van der Waals surface area contributed by atoms with Crippen molar-refractivity contribution in [1.29, 1.82) is 0 Å². The van der Waals surface area contributed by atoms with Crippen molar-refractivity contribution in [3.63, 3.8) is 0 Å². The standard InChI is InChI=1S/C26H44N2O3/c1-24-12-10-21(29)18-20(24)7-8-23-22(24)11-13-25(2)19(9-14-26(23,25)30)6-5-15-27-31-17-16-28(3)4/h5-6,15,19-23,29-30H,7-14,16-18H2,1-4H3/b6-5+,27-15+/t19-,20+,21+,22-,23+,24-,25+,26-/m0/s1. The summed E-state index contributed by atoms with van der Waals surface area (Å²) in [6, 6.07) is 0. The van der Waals surface area contributed by atoms with E-state index in [0.717, 1.165) is 51.5 Å². The summed E-state index contributed by atoms with van der Waals surface area (Å²) >= 11 is 0. The van der Waals surface area contributed by atoms with E-state index in [0.29, 0.717) is 35.7 Å². The van der Waals surface area contributed by atoms with E-state index in [1.165, 1.54) is 12.8 Å². The number of hydrogen-bond acceptors (Lipinski definition) is 5. The van der Waals surface area contributed by atoms with Crippen LogP contribution in [0.4, 0.5) is 0 Å². The lowest BCUT2D eigenvalue weighted by molar-refractivity contribution is -0.207. The predicted octanol–water partition coefficient (Wildman–Crippen LogP) is 4.24. The average Bonchev–Trinajstić information content (AvgIpc) is 2.99. The molecule has 0 aromatic heterocycles. The molecule has 4 aliphatic carbocycles. The summed E-state index contributed by atoms with van der Waals surface area (Å²) in [4.78, 5) is 7.38. The molecule has 176 valence electrons. The van der Waals surface area contributed by atoms with Gasteiger partial charge in [-0.05, 0) is 107 Å². The lowest BCUT2D eigenvalue weighted by Crippen LogP contribution is -2.62. The number of aliphatic hydroxyl groups is 2. The molecule has 5 heteroatoms. The summed E-state index contributed by atoms with van der Waals surface area (Å²) in [7, 11) is 4.04. The molecule has 4 aliphatic rings. The van der Waals surface area contributed by atoms with Gasteiger partial charge >= 0.3 is 0 Å². The zero-order valence-corrected chi connectivity index (χ0v) is 20.1. The maximum atomic E-state index is 12.2. The van der Waals surface area contributed by atoms with Crippen LogP contribution in [-0.2, 0) is 4.84 Å². The minimum absolute atomic E-state index is 0.0539. The smallest absolute Gasteiger partial charge is 0.129 e. The molecular formula is C26H44N2O3. The van der Waals surface area contributed by atoms with Gasteiger partial charge in [0.1, 0.15) is 6.61 Å². The van der Waals surface area contributed by atoms with Crippen molar-refractivity contribution < 1.29 is 15.1 Å². The quantitative estimate of drug-likeness (QED) is 0.374. The first-order chi connectivity index (χ1) is 14.7. The van der Waals surface area contributed by atoms with Crippen molar-refractivity contribution in [3.05, 3.63) is 12.2 Å². The number of nitrogens with zero attached hydrogens (tertiary/aromatic N) is 2. The van der Waals surface area contributed by atoms with Crippen LogP contribution in [-0.4, -0.2) is 60.3 Å². The zero-order valence-electron chi connectivity index (χ0n) is 20.1. The second-order valence-corrected chi connectivity index (χ2v) is 11.7. The third kappa shape index (κ3) is 4.00. The SMILES string of the molecule is CN(C)CCO/N=C/C=C/[C@H]1CC[C@]2(O)[C@@H]3CC[C@@H]4C[C@H](O)CC[C@]4(C)[C@H]3CC[C@]12C. The van der Waals surface area contributed by atoms with E-state index in [1.807, 2.05) is 20.2 Å². The molecule has 8 atom stereocenters. The Morgan fingerprint density at radius 1 is 1.03 bits per heavy atom. The van der Waals surface area contributed by atoms with Crippen LogP contribution in [0.3, 0.4) is 0 Å². The van der Waals surface area contributed by atoms with Gasteiger partial charge < -0.3 is 20.0 Å². The lowest BCUT2D eigenvalue weighted by atomic mass is 9.43. The van der Waals surface area contributed by atoms with Gasteiger partial charge in [-0.3, -0.25) is 0 Å². The highest BCUT2D eigenvalue weighted by Crippen LogP contribution is 2.69. The summed E-state index contributed by atoms with van der Waals surface area (Å²) in [5.41, 5.74) is -0.320. The number of hydrogen-bond donors (Lipinski definition) is 2. The molecule has 5 nitrogen and oxygen atoms in total. The molecule has 2 N–H and O–H groups in total. The van der Waals surface area contributed by atoms with Gasteiger partial charge in [0, 0.05) is 12.0 Å². The second-order valence-electron chi connectivity index (χ2n) is 11.7. The highest BCUT2D eigenvalue weighted by Gasteiger charge is 2.66. The van der Waals surface area contributed by atoms with Crippen LogP contribution in [0.1, 0.15) is 71.6 Å². The lowest BCUT2D eigenvalue weighted by Gasteiger charge is -2.63. The fraction of sp³-hybridized carbons (Fsp3) is 0.885. The van der Waals surface area contributed by atoms with Crippen LogP contribution in [0, 0.1) is 34.5 Å². The first-order valence-corrected chi connectivity index (χ1v) is 12.6. The molecule has 31 heavy (non-hydrogen) atoms. The highest BCUT2D eigenvalue weighted by atomic mass is 16.6. The molecule has 0 spiro atoms. The molecule has 0 bridgehead atoms. The molecule has 4 rings (SSSR count).